The molecule has 0 aliphatic rings. The number of ether oxygens (including phenoxy) is 3. The minimum atomic E-state index is -0.803. The molecule has 0 aliphatic heterocycles. The van der Waals surface area contributed by atoms with Crippen molar-refractivity contribution in [3.05, 3.63) is 78.0 Å². The third-order valence-electron chi connectivity index (χ3n) is 6.31. The predicted octanol–water partition coefficient (Wildman–Crippen LogP) is 5.46. The zero-order chi connectivity index (χ0) is 27.4. The van der Waals surface area contributed by atoms with Crippen molar-refractivity contribution in [3.63, 3.8) is 0 Å². The molecule has 5 aromatic rings. The van der Waals surface area contributed by atoms with Crippen LogP contribution in [0, 0.1) is 0 Å². The summed E-state index contributed by atoms with van der Waals surface area (Å²) in [7, 11) is 1.27. The van der Waals surface area contributed by atoms with Gasteiger partial charge in [-0.2, -0.15) is 0 Å². The minimum Gasteiger partial charge on any atom is -0.461 e. The van der Waals surface area contributed by atoms with Crippen LogP contribution in [0.25, 0.3) is 28.1 Å². The Labute approximate surface area is 225 Å². The van der Waals surface area contributed by atoms with E-state index in [1.807, 2.05) is 47.0 Å². The van der Waals surface area contributed by atoms with E-state index in [2.05, 4.69) is 6.92 Å². The van der Waals surface area contributed by atoms with Gasteiger partial charge in [-0.25, -0.2) is 24.5 Å². The number of carbonyl (C=O) groups excluding carboxylic acids is 2. The van der Waals surface area contributed by atoms with Gasteiger partial charge < -0.3 is 18.8 Å². The lowest BCUT2D eigenvalue weighted by Crippen LogP contribution is -2.12. The molecule has 2 aromatic carbocycles. The highest BCUT2D eigenvalue weighted by atomic mass is 16.7. The maximum absolute atomic E-state index is 12.9. The van der Waals surface area contributed by atoms with E-state index in [1.54, 1.807) is 29.7 Å². The predicted molar refractivity (Wildman–Crippen MR) is 145 cm³/mol. The van der Waals surface area contributed by atoms with Crippen LogP contribution in [0.3, 0.4) is 0 Å². The van der Waals surface area contributed by atoms with Gasteiger partial charge in [-0.15, -0.1) is 0 Å². The molecule has 5 rings (SSSR count). The molecule has 0 saturated carbocycles. The zero-order valence-corrected chi connectivity index (χ0v) is 22.1. The van der Waals surface area contributed by atoms with Crippen LogP contribution in [0.2, 0.25) is 0 Å². The SMILES string of the molecule is CCCCc1nc2cccc(OC(=O)OC)c2n1Cc1ccn2c(C(=O)OCC)c(-c3ccccc3)nc2n1. The minimum absolute atomic E-state index is 0.246. The first-order chi connectivity index (χ1) is 19.0. The van der Waals surface area contributed by atoms with Crippen molar-refractivity contribution in [1.29, 1.82) is 0 Å². The Morgan fingerprint density at radius 1 is 0.949 bits per heavy atom. The molecule has 0 radical (unpaired) electrons. The number of aromatic nitrogens is 5. The Bertz CT molecular complexity index is 1640. The highest BCUT2D eigenvalue weighted by Gasteiger charge is 2.23. The Morgan fingerprint density at radius 3 is 2.51 bits per heavy atom. The number of para-hydroxylation sites is 1. The van der Waals surface area contributed by atoms with Crippen molar-refractivity contribution >= 4 is 28.9 Å². The summed E-state index contributed by atoms with van der Waals surface area (Å²) >= 11 is 0. The first-order valence-corrected chi connectivity index (χ1v) is 12.9. The lowest BCUT2D eigenvalue weighted by Gasteiger charge is -2.11. The smallest absolute Gasteiger partial charge is 0.461 e. The number of methoxy groups -OCH3 is 1. The van der Waals surface area contributed by atoms with Gasteiger partial charge in [0.25, 0.3) is 0 Å². The number of hydrogen-bond acceptors (Lipinski definition) is 8. The summed E-state index contributed by atoms with van der Waals surface area (Å²) in [4.78, 5) is 39.2. The van der Waals surface area contributed by atoms with Gasteiger partial charge in [0.05, 0.1) is 31.5 Å². The van der Waals surface area contributed by atoms with Crippen LogP contribution in [-0.2, 0) is 22.4 Å². The van der Waals surface area contributed by atoms with Gasteiger partial charge in [-0.3, -0.25) is 4.40 Å². The van der Waals surface area contributed by atoms with E-state index in [0.29, 0.717) is 46.2 Å². The second-order valence-corrected chi connectivity index (χ2v) is 8.88. The normalized spacial score (nSPS) is 11.2. The maximum atomic E-state index is 12.9. The molecular formula is C29H29N5O5. The van der Waals surface area contributed by atoms with Crippen molar-refractivity contribution in [3.8, 4) is 17.0 Å². The molecule has 39 heavy (non-hydrogen) atoms. The highest BCUT2D eigenvalue weighted by molar-refractivity contribution is 5.95. The first-order valence-electron chi connectivity index (χ1n) is 12.9. The van der Waals surface area contributed by atoms with Crippen molar-refractivity contribution in [2.45, 2.75) is 39.7 Å². The van der Waals surface area contributed by atoms with Crippen LogP contribution in [0.15, 0.2) is 60.8 Å². The summed E-state index contributed by atoms with van der Waals surface area (Å²) in [5.41, 5.74) is 3.70. The number of rotatable bonds is 9. The molecule has 0 unspecified atom stereocenters. The van der Waals surface area contributed by atoms with Crippen LogP contribution in [-0.4, -0.2) is 49.8 Å². The van der Waals surface area contributed by atoms with Crippen molar-refractivity contribution < 1.29 is 23.8 Å². The maximum Gasteiger partial charge on any atom is 0.513 e. The van der Waals surface area contributed by atoms with Crippen molar-refractivity contribution in [1.82, 2.24) is 23.9 Å². The summed E-state index contributed by atoms with van der Waals surface area (Å²) in [6, 6.07) is 16.7. The molecule has 3 heterocycles. The number of imidazole rings is 2. The van der Waals surface area contributed by atoms with Gasteiger partial charge in [0.2, 0.25) is 5.78 Å². The van der Waals surface area contributed by atoms with Gasteiger partial charge in [-0.1, -0.05) is 49.7 Å². The largest absolute Gasteiger partial charge is 0.513 e. The average molecular weight is 528 g/mol. The molecule has 0 N–H and O–H groups in total. The fourth-order valence-electron chi connectivity index (χ4n) is 4.52. The van der Waals surface area contributed by atoms with Crippen LogP contribution in [0.1, 0.15) is 48.7 Å². The van der Waals surface area contributed by atoms with Crippen LogP contribution in [0.4, 0.5) is 4.79 Å². The molecule has 0 aliphatic carbocycles. The summed E-state index contributed by atoms with van der Waals surface area (Å²) in [5.74, 6) is 1.12. The van der Waals surface area contributed by atoms with E-state index in [4.69, 9.17) is 29.2 Å². The second-order valence-electron chi connectivity index (χ2n) is 8.88. The Balaban J connectivity index is 1.61. The standard InChI is InChI=1S/C29H29N5O5/c1-4-6-15-23-31-21-13-10-14-22(39-29(36)37-3)25(21)34(23)18-20-16-17-33-26(27(35)38-5-2)24(32-28(33)30-20)19-11-8-7-9-12-19/h7-14,16-17H,4-6,15,18H2,1-3H3. The van der Waals surface area contributed by atoms with Crippen LogP contribution in [0.5, 0.6) is 5.75 Å². The Hall–Kier alpha value is -4.73. The van der Waals surface area contributed by atoms with E-state index in [0.717, 1.165) is 30.7 Å². The molecule has 0 spiro atoms. The van der Waals surface area contributed by atoms with Gasteiger partial charge in [-0.05, 0) is 31.5 Å². The number of nitrogens with zero attached hydrogens (tertiary/aromatic N) is 5. The van der Waals surface area contributed by atoms with Crippen molar-refractivity contribution in [2.24, 2.45) is 0 Å². The molecule has 0 fully saturated rings. The third kappa shape index (κ3) is 5.18. The monoisotopic (exact) mass is 527 g/mol. The van der Waals surface area contributed by atoms with Crippen molar-refractivity contribution in [2.75, 3.05) is 13.7 Å². The summed E-state index contributed by atoms with van der Waals surface area (Å²) < 4.78 is 19.2. The summed E-state index contributed by atoms with van der Waals surface area (Å²) in [5, 5.41) is 0. The average Bonchev–Trinajstić information content (AvgIpc) is 3.51. The Morgan fingerprint density at radius 2 is 1.77 bits per heavy atom. The molecule has 10 nitrogen and oxygen atoms in total. The number of hydrogen-bond donors (Lipinski definition) is 0. The summed E-state index contributed by atoms with van der Waals surface area (Å²) in [6.45, 7) is 4.49. The summed E-state index contributed by atoms with van der Waals surface area (Å²) in [6.07, 6.45) is 3.68. The van der Waals surface area contributed by atoms with Gasteiger partial charge >= 0.3 is 12.1 Å². The van der Waals surface area contributed by atoms with Gasteiger partial charge in [0.15, 0.2) is 11.4 Å². The highest BCUT2D eigenvalue weighted by Crippen LogP contribution is 2.29. The van der Waals surface area contributed by atoms with Crippen LogP contribution < -0.4 is 4.74 Å². The molecule has 0 saturated heterocycles. The first kappa shape index (κ1) is 25.9. The number of aryl methyl sites for hydroxylation is 1. The van der Waals surface area contributed by atoms with E-state index < -0.39 is 12.1 Å². The van der Waals surface area contributed by atoms with Gasteiger partial charge in [0, 0.05) is 18.2 Å². The van der Waals surface area contributed by atoms with Gasteiger partial charge in [0.1, 0.15) is 17.0 Å². The molecule has 200 valence electrons. The van der Waals surface area contributed by atoms with E-state index in [9.17, 15) is 9.59 Å². The third-order valence-corrected chi connectivity index (χ3v) is 6.31. The number of unbranched alkanes of at least 4 members (excludes halogenated alkanes) is 1. The quantitative estimate of drug-likeness (QED) is 0.184. The fourth-order valence-corrected chi connectivity index (χ4v) is 4.52. The molecule has 3 aromatic heterocycles. The molecule has 0 atom stereocenters. The number of fused-ring (bicyclic) bond motifs is 2. The number of benzene rings is 2. The van der Waals surface area contributed by atoms with E-state index >= 15 is 0 Å². The topological polar surface area (TPSA) is 110 Å². The molecule has 10 heteroatoms. The molecule has 0 amide bonds. The molecular weight excluding hydrogens is 498 g/mol. The lowest BCUT2D eigenvalue weighted by molar-refractivity contribution is 0.0519. The van der Waals surface area contributed by atoms with E-state index in [-0.39, 0.29) is 6.61 Å². The number of carbonyl (C=O) groups is 2. The fraction of sp³-hybridized carbons (Fsp3) is 0.276. The number of esters is 1. The second kappa shape index (κ2) is 11.3. The molecule has 0 bridgehead atoms. The Kier molecular flexibility index (Phi) is 7.53. The van der Waals surface area contributed by atoms with E-state index in [1.165, 1.54) is 7.11 Å². The van der Waals surface area contributed by atoms with Crippen LogP contribution >= 0.6 is 0 Å². The lowest BCUT2D eigenvalue weighted by atomic mass is 10.1. The zero-order valence-electron chi connectivity index (χ0n) is 22.1.